The Balaban J connectivity index is 1.18. The summed E-state index contributed by atoms with van der Waals surface area (Å²) in [5, 5.41) is 4.60. The maximum Gasteiger partial charge on any atom is 0.255 e. The van der Waals surface area contributed by atoms with Crippen molar-refractivity contribution in [3.05, 3.63) is 125 Å². The van der Waals surface area contributed by atoms with E-state index in [0.717, 1.165) is 27.3 Å². The van der Waals surface area contributed by atoms with E-state index in [4.69, 9.17) is 9.97 Å². The first-order valence-corrected chi connectivity index (χ1v) is 12.9. The standard InChI is InChI=1S/C33H17N5O3/c39-31-19-5-1-2-6-20(19)32(40)24-15-17(9-11-21(24)31)33(41)36-18-10-12-25-26(16-18)38-30-23-8-4-14-35-28(23)27-22(29(30)37-25)7-3-13-34-27/h1-16H,(H,36,41). The summed E-state index contributed by atoms with van der Waals surface area (Å²) in [6, 6.07) is 24.2. The highest BCUT2D eigenvalue weighted by molar-refractivity contribution is 6.29. The Hall–Kier alpha value is -5.89. The average molecular weight is 532 g/mol. The lowest BCUT2D eigenvalue weighted by Gasteiger charge is -2.18. The number of fused-ring (bicyclic) bond motifs is 9. The number of hydrogen-bond donors (Lipinski definition) is 1. The van der Waals surface area contributed by atoms with Gasteiger partial charge in [0.05, 0.1) is 33.1 Å². The SMILES string of the molecule is O=C(Nc1ccc2nc3c4cccnc4c4ncccc4c3nc2c1)c1ccc2c(c1)C(=O)c1ccccc1C2=O. The molecule has 0 aliphatic heterocycles. The van der Waals surface area contributed by atoms with Crippen LogP contribution in [-0.2, 0) is 0 Å². The molecule has 0 saturated heterocycles. The Bertz CT molecular complexity index is 2310. The summed E-state index contributed by atoms with van der Waals surface area (Å²) in [5.74, 6) is -0.914. The molecular formula is C33H17N5O3. The molecule has 0 unspecified atom stereocenters. The Morgan fingerprint density at radius 2 is 1.17 bits per heavy atom. The van der Waals surface area contributed by atoms with Gasteiger partial charge in [0.2, 0.25) is 0 Å². The monoisotopic (exact) mass is 531 g/mol. The molecule has 41 heavy (non-hydrogen) atoms. The molecule has 8 nitrogen and oxygen atoms in total. The first kappa shape index (κ1) is 23.0. The molecule has 0 saturated carbocycles. The zero-order valence-electron chi connectivity index (χ0n) is 21.3. The van der Waals surface area contributed by atoms with Crippen molar-refractivity contribution in [3.8, 4) is 0 Å². The molecule has 3 heterocycles. The van der Waals surface area contributed by atoms with Gasteiger partial charge in [-0.2, -0.15) is 0 Å². The number of amides is 1. The molecule has 0 spiro atoms. The zero-order valence-corrected chi connectivity index (χ0v) is 21.3. The van der Waals surface area contributed by atoms with Crippen molar-refractivity contribution < 1.29 is 14.4 Å². The summed E-state index contributed by atoms with van der Waals surface area (Å²) in [7, 11) is 0. The predicted molar refractivity (Wildman–Crippen MR) is 155 cm³/mol. The van der Waals surface area contributed by atoms with Crippen LogP contribution < -0.4 is 5.32 Å². The second kappa shape index (κ2) is 8.56. The number of hydrogen-bond acceptors (Lipinski definition) is 7. The zero-order chi connectivity index (χ0) is 27.7. The molecule has 1 aliphatic carbocycles. The summed E-state index contributed by atoms with van der Waals surface area (Å²) < 4.78 is 0. The molecule has 1 amide bonds. The van der Waals surface area contributed by atoms with E-state index in [9.17, 15) is 14.4 Å². The lowest BCUT2D eigenvalue weighted by atomic mass is 9.83. The number of carbonyl (C=O) groups is 3. The van der Waals surface area contributed by atoms with E-state index in [-0.39, 0.29) is 22.7 Å². The summed E-state index contributed by atoms with van der Waals surface area (Å²) in [6.45, 7) is 0. The van der Waals surface area contributed by atoms with Crippen LogP contribution in [0.5, 0.6) is 0 Å². The van der Waals surface area contributed by atoms with E-state index in [2.05, 4.69) is 15.3 Å². The van der Waals surface area contributed by atoms with E-state index in [1.807, 2.05) is 24.3 Å². The van der Waals surface area contributed by atoms with Gasteiger partial charge in [0.1, 0.15) is 0 Å². The number of aromatic nitrogens is 4. The Kier molecular flexibility index (Phi) is 4.81. The van der Waals surface area contributed by atoms with Gasteiger partial charge in [-0.15, -0.1) is 0 Å². The normalized spacial score (nSPS) is 12.6. The van der Waals surface area contributed by atoms with Crippen LogP contribution in [0.15, 0.2) is 97.3 Å². The summed E-state index contributed by atoms with van der Waals surface area (Å²) in [4.78, 5) is 58.2. The second-order valence-corrected chi connectivity index (χ2v) is 9.84. The van der Waals surface area contributed by atoms with Crippen molar-refractivity contribution >= 4 is 67.0 Å². The number of nitrogens with one attached hydrogen (secondary N) is 1. The van der Waals surface area contributed by atoms with E-state index in [1.54, 1.807) is 60.9 Å². The van der Waals surface area contributed by atoms with Gasteiger partial charge in [-0.05, 0) is 60.7 Å². The first-order chi connectivity index (χ1) is 20.1. The van der Waals surface area contributed by atoms with Crippen molar-refractivity contribution in [2.75, 3.05) is 5.32 Å². The Labute approximate surface area is 231 Å². The van der Waals surface area contributed by atoms with Gasteiger partial charge >= 0.3 is 0 Å². The fraction of sp³-hybridized carbons (Fsp3) is 0. The number of carbonyl (C=O) groups excluding carboxylic acids is 3. The second-order valence-electron chi connectivity index (χ2n) is 9.84. The van der Waals surface area contributed by atoms with Gasteiger partial charge in [0, 0.05) is 56.7 Å². The molecule has 1 N–H and O–H groups in total. The third-order valence-corrected chi connectivity index (χ3v) is 7.46. The largest absolute Gasteiger partial charge is 0.322 e. The van der Waals surface area contributed by atoms with Gasteiger partial charge < -0.3 is 5.32 Å². The molecule has 8 rings (SSSR count). The fourth-order valence-corrected chi connectivity index (χ4v) is 5.52. The summed E-state index contributed by atoms with van der Waals surface area (Å²) in [5.41, 5.74) is 6.23. The number of ketones is 2. The molecule has 0 bridgehead atoms. The van der Waals surface area contributed by atoms with Crippen molar-refractivity contribution in [1.82, 2.24) is 19.9 Å². The highest BCUT2D eigenvalue weighted by Crippen LogP contribution is 2.32. The van der Waals surface area contributed by atoms with Crippen LogP contribution in [0.25, 0.3) is 43.9 Å². The lowest BCUT2D eigenvalue weighted by Crippen LogP contribution is -2.22. The first-order valence-electron chi connectivity index (χ1n) is 12.9. The summed E-state index contributed by atoms with van der Waals surface area (Å²) in [6.07, 6.45) is 3.47. The van der Waals surface area contributed by atoms with E-state index in [1.165, 1.54) is 12.1 Å². The quantitative estimate of drug-likeness (QED) is 0.218. The third kappa shape index (κ3) is 3.44. The minimum Gasteiger partial charge on any atom is -0.322 e. The van der Waals surface area contributed by atoms with Crippen LogP contribution >= 0.6 is 0 Å². The van der Waals surface area contributed by atoms with E-state index in [0.29, 0.717) is 38.9 Å². The topological polar surface area (TPSA) is 115 Å². The van der Waals surface area contributed by atoms with Crippen LogP contribution in [0.2, 0.25) is 0 Å². The Morgan fingerprint density at radius 3 is 1.85 bits per heavy atom. The predicted octanol–water partition coefficient (Wildman–Crippen LogP) is 5.91. The molecule has 1 aliphatic rings. The maximum absolute atomic E-state index is 13.2. The van der Waals surface area contributed by atoms with Crippen molar-refractivity contribution in [3.63, 3.8) is 0 Å². The molecule has 8 heteroatoms. The highest BCUT2D eigenvalue weighted by atomic mass is 16.2. The molecule has 0 radical (unpaired) electrons. The van der Waals surface area contributed by atoms with Crippen molar-refractivity contribution in [2.45, 2.75) is 0 Å². The molecule has 4 aromatic carbocycles. The number of pyridine rings is 2. The fourth-order valence-electron chi connectivity index (χ4n) is 5.52. The van der Waals surface area contributed by atoms with Gasteiger partial charge in [-0.25, -0.2) is 9.97 Å². The van der Waals surface area contributed by atoms with Crippen LogP contribution in [0.1, 0.15) is 42.2 Å². The Morgan fingerprint density at radius 1 is 0.561 bits per heavy atom. The van der Waals surface area contributed by atoms with Crippen LogP contribution in [-0.4, -0.2) is 37.4 Å². The highest BCUT2D eigenvalue weighted by Gasteiger charge is 2.30. The van der Waals surface area contributed by atoms with Crippen molar-refractivity contribution in [2.24, 2.45) is 0 Å². The van der Waals surface area contributed by atoms with Gasteiger partial charge in [0.15, 0.2) is 11.6 Å². The third-order valence-electron chi connectivity index (χ3n) is 7.46. The molecule has 0 fully saturated rings. The average Bonchev–Trinajstić information content (AvgIpc) is 3.02. The lowest BCUT2D eigenvalue weighted by molar-refractivity contribution is 0.0978. The molecule has 0 atom stereocenters. The van der Waals surface area contributed by atoms with Gasteiger partial charge in [0.25, 0.3) is 5.91 Å². The van der Waals surface area contributed by atoms with Crippen LogP contribution in [0, 0.1) is 0 Å². The maximum atomic E-state index is 13.2. The van der Waals surface area contributed by atoms with Crippen LogP contribution in [0.4, 0.5) is 5.69 Å². The molecule has 7 aromatic rings. The van der Waals surface area contributed by atoms with Gasteiger partial charge in [-0.1, -0.05) is 24.3 Å². The number of benzene rings is 4. The molecular weight excluding hydrogens is 514 g/mol. The smallest absolute Gasteiger partial charge is 0.255 e. The number of rotatable bonds is 2. The molecule has 192 valence electrons. The van der Waals surface area contributed by atoms with E-state index < -0.39 is 5.91 Å². The summed E-state index contributed by atoms with van der Waals surface area (Å²) >= 11 is 0. The number of anilines is 1. The minimum atomic E-state index is -0.410. The van der Waals surface area contributed by atoms with Crippen molar-refractivity contribution in [1.29, 1.82) is 0 Å². The van der Waals surface area contributed by atoms with Gasteiger partial charge in [-0.3, -0.25) is 24.4 Å². The minimum absolute atomic E-state index is 0.222. The van der Waals surface area contributed by atoms with Crippen LogP contribution in [0.3, 0.4) is 0 Å². The number of nitrogens with zero attached hydrogens (tertiary/aromatic N) is 4. The van der Waals surface area contributed by atoms with E-state index >= 15 is 0 Å². The molecule has 3 aromatic heterocycles.